The monoisotopic (exact) mass is 580 g/mol. The van der Waals surface area contributed by atoms with E-state index in [1.54, 1.807) is 37.4 Å². The van der Waals surface area contributed by atoms with E-state index in [4.69, 9.17) is 4.74 Å². The number of halogens is 6. The second-order valence-corrected chi connectivity index (χ2v) is 10.6. The number of hydrogen-bond acceptors (Lipinski definition) is 5. The lowest BCUT2D eigenvalue weighted by Gasteiger charge is -2.33. The smallest absolute Gasteiger partial charge is 0.406 e. The fraction of sp³-hybridized carbons (Fsp3) is 0.400. The molecule has 0 bridgehead atoms. The maximum absolute atomic E-state index is 13.4. The lowest BCUT2D eigenvalue weighted by atomic mass is 9.71. The summed E-state index contributed by atoms with van der Waals surface area (Å²) in [7, 11) is 1.67. The van der Waals surface area contributed by atoms with Crippen molar-refractivity contribution in [1.29, 1.82) is 0 Å². The summed E-state index contributed by atoms with van der Waals surface area (Å²) < 4.78 is 89.2. The van der Waals surface area contributed by atoms with Crippen molar-refractivity contribution < 1.29 is 40.9 Å². The number of fused-ring (bicyclic) bond motifs is 1. The first-order chi connectivity index (χ1) is 19.4. The molecular weight excluding hydrogens is 550 g/mol. The summed E-state index contributed by atoms with van der Waals surface area (Å²) in [5.74, 6) is -0.419. The first-order valence-corrected chi connectivity index (χ1v) is 13.2. The number of para-hydroxylation sites is 1. The normalized spacial score (nSPS) is 21.7. The third kappa shape index (κ3) is 6.25. The summed E-state index contributed by atoms with van der Waals surface area (Å²) >= 11 is 0. The molecule has 0 aliphatic carbocycles. The van der Waals surface area contributed by atoms with Crippen molar-refractivity contribution in [3.05, 3.63) is 89.5 Å². The molecule has 2 aliphatic rings. The van der Waals surface area contributed by atoms with Gasteiger partial charge in [0.25, 0.3) is 0 Å². The average molecular weight is 581 g/mol. The fourth-order valence-electron chi connectivity index (χ4n) is 5.98. The average Bonchev–Trinajstić information content (AvgIpc) is 3.52. The Bertz CT molecular complexity index is 1360. The zero-order chi connectivity index (χ0) is 29.4. The molecule has 3 aromatic rings. The lowest BCUT2D eigenvalue weighted by molar-refractivity contribution is -0.274. The summed E-state index contributed by atoms with van der Waals surface area (Å²) in [5.41, 5.74) is 2.38. The van der Waals surface area contributed by atoms with Gasteiger partial charge in [0, 0.05) is 43.5 Å². The minimum Gasteiger partial charge on any atom is -0.406 e. The zero-order valence-electron chi connectivity index (χ0n) is 22.3. The van der Waals surface area contributed by atoms with E-state index in [0.29, 0.717) is 23.4 Å². The standard InChI is InChI=1S/C30H30F6N2O3/c1-40-24-12-13-37(17-24)22-8-4-6-20(14-22)16-28(21-7-5-9-23(15-21)41-30(34,35)36)19-38(18-27(39)29(31,32)33)26-11-3-2-10-25(26)28/h2-11,14-15,24,27,39H,12-13,16-19H2,1H3/t24-,27+,28?/m0/s1. The maximum atomic E-state index is 13.4. The van der Waals surface area contributed by atoms with Crippen molar-refractivity contribution in [3.8, 4) is 5.75 Å². The minimum atomic E-state index is -4.91. The quantitative estimate of drug-likeness (QED) is 0.327. The van der Waals surface area contributed by atoms with E-state index in [2.05, 4.69) is 9.64 Å². The number of aliphatic hydroxyl groups excluding tert-OH is 1. The molecule has 0 spiro atoms. The van der Waals surface area contributed by atoms with Crippen LogP contribution < -0.4 is 14.5 Å². The van der Waals surface area contributed by atoms with Crippen LogP contribution in [-0.2, 0) is 16.6 Å². The first-order valence-electron chi connectivity index (χ1n) is 13.2. The van der Waals surface area contributed by atoms with E-state index >= 15 is 0 Å². The number of anilines is 2. The van der Waals surface area contributed by atoms with Crippen LogP contribution in [0.4, 0.5) is 37.7 Å². The number of methoxy groups -OCH3 is 1. The molecule has 11 heteroatoms. The summed E-state index contributed by atoms with van der Waals surface area (Å²) in [4.78, 5) is 3.65. The molecule has 1 fully saturated rings. The Morgan fingerprint density at radius 3 is 2.44 bits per heavy atom. The van der Waals surface area contributed by atoms with Gasteiger partial charge in [0.2, 0.25) is 0 Å². The third-order valence-electron chi connectivity index (χ3n) is 7.87. The second kappa shape index (κ2) is 11.1. The van der Waals surface area contributed by atoms with Gasteiger partial charge in [-0.05, 0) is 59.9 Å². The Hall–Kier alpha value is -3.44. The van der Waals surface area contributed by atoms with Crippen LogP contribution in [0, 0.1) is 0 Å². The van der Waals surface area contributed by atoms with Crippen LogP contribution in [-0.4, -0.2) is 63.1 Å². The molecule has 2 heterocycles. The molecule has 2 aliphatic heterocycles. The highest BCUT2D eigenvalue weighted by atomic mass is 19.4. The van der Waals surface area contributed by atoms with Gasteiger partial charge in [-0.3, -0.25) is 0 Å². The van der Waals surface area contributed by atoms with Gasteiger partial charge < -0.3 is 24.4 Å². The SMILES string of the molecule is CO[C@H]1CCN(c2cccc(CC3(c4cccc(OC(F)(F)F)c4)CN(C[C@@H](O)C(F)(F)F)c4ccccc43)c2)C1. The Balaban J connectivity index is 1.58. The number of β-amino-alcohol motifs (C(OH)–C–C–N with tert-alkyl or cyclic N) is 1. The summed E-state index contributed by atoms with van der Waals surface area (Å²) in [6.45, 7) is 0.811. The van der Waals surface area contributed by atoms with Gasteiger partial charge in [0.1, 0.15) is 5.75 Å². The lowest BCUT2D eigenvalue weighted by Crippen LogP contribution is -2.44. The maximum Gasteiger partial charge on any atom is 0.573 e. The number of benzene rings is 3. The van der Waals surface area contributed by atoms with E-state index in [1.807, 2.05) is 24.3 Å². The van der Waals surface area contributed by atoms with E-state index in [-0.39, 0.29) is 19.1 Å². The molecule has 3 aromatic carbocycles. The fourth-order valence-corrected chi connectivity index (χ4v) is 5.98. The predicted molar refractivity (Wildman–Crippen MR) is 142 cm³/mol. The van der Waals surface area contributed by atoms with E-state index in [1.165, 1.54) is 23.1 Å². The topological polar surface area (TPSA) is 45.2 Å². The van der Waals surface area contributed by atoms with Gasteiger partial charge in [0.05, 0.1) is 12.6 Å². The van der Waals surface area contributed by atoms with Gasteiger partial charge in [0.15, 0.2) is 6.10 Å². The summed E-state index contributed by atoms with van der Waals surface area (Å²) in [5, 5.41) is 9.95. The molecule has 1 saturated heterocycles. The molecule has 0 saturated carbocycles. The Kier molecular flexibility index (Phi) is 7.86. The molecule has 0 aromatic heterocycles. The van der Waals surface area contributed by atoms with Gasteiger partial charge in [-0.2, -0.15) is 13.2 Å². The highest BCUT2D eigenvalue weighted by molar-refractivity contribution is 5.67. The molecule has 220 valence electrons. The number of aliphatic hydroxyl groups is 1. The third-order valence-corrected chi connectivity index (χ3v) is 7.87. The van der Waals surface area contributed by atoms with Gasteiger partial charge in [-0.1, -0.05) is 42.5 Å². The minimum absolute atomic E-state index is 0.00858. The van der Waals surface area contributed by atoms with E-state index < -0.39 is 36.4 Å². The Labute approximate surface area is 233 Å². The predicted octanol–water partition coefficient (Wildman–Crippen LogP) is 6.08. The molecular formula is C30H30F6N2O3. The first kappa shape index (κ1) is 29.1. The van der Waals surface area contributed by atoms with Gasteiger partial charge in [-0.15, -0.1) is 13.2 Å². The molecule has 0 amide bonds. The number of ether oxygens (including phenoxy) is 2. The molecule has 1 unspecified atom stereocenters. The molecule has 1 N–H and O–H groups in total. The van der Waals surface area contributed by atoms with Crippen LogP contribution in [0.2, 0.25) is 0 Å². The molecule has 0 radical (unpaired) electrons. The second-order valence-electron chi connectivity index (χ2n) is 10.6. The summed E-state index contributed by atoms with van der Waals surface area (Å²) in [6.07, 6.45) is -11.1. The Morgan fingerprint density at radius 1 is 0.976 bits per heavy atom. The highest BCUT2D eigenvalue weighted by Gasteiger charge is 2.47. The Morgan fingerprint density at radius 2 is 1.73 bits per heavy atom. The number of hydrogen-bond donors (Lipinski definition) is 1. The van der Waals surface area contributed by atoms with Crippen LogP contribution in [0.1, 0.15) is 23.1 Å². The van der Waals surface area contributed by atoms with Crippen molar-refractivity contribution in [3.63, 3.8) is 0 Å². The van der Waals surface area contributed by atoms with Crippen molar-refractivity contribution in [1.82, 2.24) is 0 Å². The highest BCUT2D eigenvalue weighted by Crippen LogP contribution is 2.48. The number of nitrogens with zero attached hydrogens (tertiary/aromatic N) is 2. The van der Waals surface area contributed by atoms with Crippen LogP contribution in [0.25, 0.3) is 0 Å². The zero-order valence-corrected chi connectivity index (χ0v) is 22.3. The van der Waals surface area contributed by atoms with Crippen LogP contribution >= 0.6 is 0 Å². The molecule has 41 heavy (non-hydrogen) atoms. The van der Waals surface area contributed by atoms with E-state index in [0.717, 1.165) is 24.2 Å². The number of alkyl halides is 6. The molecule has 5 rings (SSSR count). The van der Waals surface area contributed by atoms with Crippen molar-refractivity contribution >= 4 is 11.4 Å². The van der Waals surface area contributed by atoms with Crippen molar-refractivity contribution in [2.75, 3.05) is 43.1 Å². The van der Waals surface area contributed by atoms with Gasteiger partial charge in [-0.25, -0.2) is 0 Å². The van der Waals surface area contributed by atoms with E-state index in [9.17, 15) is 31.4 Å². The van der Waals surface area contributed by atoms with Crippen LogP contribution in [0.15, 0.2) is 72.8 Å². The van der Waals surface area contributed by atoms with Crippen LogP contribution in [0.5, 0.6) is 5.75 Å². The molecule has 3 atom stereocenters. The molecule has 5 nitrogen and oxygen atoms in total. The van der Waals surface area contributed by atoms with Gasteiger partial charge >= 0.3 is 12.5 Å². The largest absolute Gasteiger partial charge is 0.573 e. The van der Waals surface area contributed by atoms with Crippen molar-refractivity contribution in [2.45, 2.75) is 43.0 Å². The summed E-state index contributed by atoms with van der Waals surface area (Å²) in [6, 6.07) is 20.3. The van der Waals surface area contributed by atoms with Crippen LogP contribution in [0.3, 0.4) is 0 Å². The number of rotatable bonds is 8. The van der Waals surface area contributed by atoms with Crippen molar-refractivity contribution in [2.24, 2.45) is 0 Å².